The van der Waals surface area contributed by atoms with E-state index in [1.165, 1.54) is 0 Å². The Bertz CT molecular complexity index is 573. The highest BCUT2D eigenvalue weighted by molar-refractivity contribution is 5.84. The molecule has 1 aliphatic heterocycles. The number of aromatic amines is 1. The summed E-state index contributed by atoms with van der Waals surface area (Å²) >= 11 is 0. The Balaban J connectivity index is 1.94. The van der Waals surface area contributed by atoms with Gasteiger partial charge in [-0.3, -0.25) is 4.79 Å². The van der Waals surface area contributed by atoms with Crippen molar-refractivity contribution in [1.29, 1.82) is 0 Å². The lowest BCUT2D eigenvalue weighted by atomic mass is 10.3. The third-order valence-corrected chi connectivity index (χ3v) is 3.05. The normalized spacial score (nSPS) is 16.2. The van der Waals surface area contributed by atoms with Gasteiger partial charge in [-0.05, 0) is 0 Å². The lowest BCUT2D eigenvalue weighted by Gasteiger charge is -2.33. The Labute approximate surface area is 103 Å². The van der Waals surface area contributed by atoms with E-state index in [2.05, 4.69) is 24.8 Å². The third-order valence-electron chi connectivity index (χ3n) is 3.05. The SMILES string of the molecule is Nc1nc(N2CCN(C=O)CC2)c2[nH]cnc2n1. The number of hydrogen-bond acceptors (Lipinski definition) is 6. The van der Waals surface area contributed by atoms with E-state index >= 15 is 0 Å². The molecule has 1 aliphatic rings. The van der Waals surface area contributed by atoms with E-state index in [0.717, 1.165) is 30.8 Å². The molecule has 1 fully saturated rings. The number of fused-ring (bicyclic) bond motifs is 1. The van der Waals surface area contributed by atoms with Crippen molar-refractivity contribution in [2.45, 2.75) is 0 Å². The fourth-order valence-corrected chi connectivity index (χ4v) is 2.10. The second-order valence-electron chi connectivity index (χ2n) is 4.13. The van der Waals surface area contributed by atoms with Gasteiger partial charge in [0.25, 0.3) is 0 Å². The maximum absolute atomic E-state index is 10.7. The molecule has 8 nitrogen and oxygen atoms in total. The van der Waals surface area contributed by atoms with Crippen LogP contribution in [0.5, 0.6) is 0 Å². The van der Waals surface area contributed by atoms with Crippen molar-refractivity contribution in [2.24, 2.45) is 0 Å². The number of hydrogen-bond donors (Lipinski definition) is 2. The highest BCUT2D eigenvalue weighted by atomic mass is 16.1. The molecule has 2 aromatic heterocycles. The summed E-state index contributed by atoms with van der Waals surface area (Å²) in [6.07, 6.45) is 2.45. The Morgan fingerprint density at radius 2 is 2.06 bits per heavy atom. The van der Waals surface area contributed by atoms with Gasteiger partial charge in [0.15, 0.2) is 11.5 Å². The topological polar surface area (TPSA) is 104 Å². The van der Waals surface area contributed by atoms with Gasteiger partial charge in [0.05, 0.1) is 6.33 Å². The zero-order chi connectivity index (χ0) is 12.5. The molecule has 8 heteroatoms. The van der Waals surface area contributed by atoms with E-state index in [1.807, 2.05) is 0 Å². The Kier molecular flexibility index (Phi) is 2.47. The van der Waals surface area contributed by atoms with Crippen LogP contribution in [0.15, 0.2) is 6.33 Å². The number of anilines is 2. The number of nitrogen functional groups attached to an aromatic ring is 1. The second kappa shape index (κ2) is 4.13. The van der Waals surface area contributed by atoms with Gasteiger partial charge in [-0.1, -0.05) is 0 Å². The molecule has 0 aromatic carbocycles. The van der Waals surface area contributed by atoms with E-state index in [0.29, 0.717) is 18.7 Å². The number of nitrogens with one attached hydrogen (secondary N) is 1. The van der Waals surface area contributed by atoms with E-state index in [9.17, 15) is 4.79 Å². The summed E-state index contributed by atoms with van der Waals surface area (Å²) in [7, 11) is 0. The summed E-state index contributed by atoms with van der Waals surface area (Å²) in [5, 5.41) is 0. The lowest BCUT2D eigenvalue weighted by molar-refractivity contribution is -0.118. The van der Waals surface area contributed by atoms with Crippen LogP contribution in [0.3, 0.4) is 0 Å². The quantitative estimate of drug-likeness (QED) is 0.674. The number of aromatic nitrogens is 4. The van der Waals surface area contributed by atoms with Gasteiger partial charge in [0, 0.05) is 26.2 Å². The number of nitrogens with two attached hydrogens (primary N) is 1. The van der Waals surface area contributed by atoms with E-state index in [1.54, 1.807) is 11.2 Å². The third kappa shape index (κ3) is 1.71. The number of piperazine rings is 1. The molecule has 0 saturated carbocycles. The van der Waals surface area contributed by atoms with Gasteiger partial charge in [0.1, 0.15) is 5.52 Å². The Morgan fingerprint density at radius 1 is 1.28 bits per heavy atom. The minimum absolute atomic E-state index is 0.211. The number of H-pyrrole nitrogens is 1. The molecule has 2 aromatic rings. The number of imidazole rings is 1. The minimum Gasteiger partial charge on any atom is -0.368 e. The summed E-state index contributed by atoms with van der Waals surface area (Å²) in [5.41, 5.74) is 7.02. The largest absolute Gasteiger partial charge is 0.368 e. The van der Waals surface area contributed by atoms with Gasteiger partial charge in [-0.25, -0.2) is 4.98 Å². The molecule has 1 saturated heterocycles. The maximum atomic E-state index is 10.7. The van der Waals surface area contributed by atoms with E-state index in [4.69, 9.17) is 5.73 Å². The van der Waals surface area contributed by atoms with Crippen molar-refractivity contribution >= 4 is 29.3 Å². The van der Waals surface area contributed by atoms with Crippen molar-refractivity contribution < 1.29 is 4.79 Å². The van der Waals surface area contributed by atoms with Crippen LogP contribution in [-0.4, -0.2) is 57.4 Å². The Morgan fingerprint density at radius 3 is 2.78 bits per heavy atom. The summed E-state index contributed by atoms with van der Waals surface area (Å²) in [4.78, 5) is 29.9. The number of carbonyl (C=O) groups is 1. The average Bonchev–Trinajstić information content (AvgIpc) is 2.86. The summed E-state index contributed by atoms with van der Waals surface area (Å²) in [6.45, 7) is 2.82. The molecule has 0 aliphatic carbocycles. The second-order valence-corrected chi connectivity index (χ2v) is 4.13. The standard InChI is InChI=1S/C10H13N7O/c11-10-14-8-7(12-5-13-8)9(15-10)17-3-1-16(6-18)2-4-17/h5-6H,1-4H2,(H3,11,12,13,14,15). The smallest absolute Gasteiger partial charge is 0.224 e. The van der Waals surface area contributed by atoms with Gasteiger partial charge in [-0.15, -0.1) is 0 Å². The van der Waals surface area contributed by atoms with Crippen molar-refractivity contribution in [3.05, 3.63) is 6.33 Å². The van der Waals surface area contributed by atoms with Gasteiger partial charge in [-0.2, -0.15) is 9.97 Å². The molecule has 3 heterocycles. The number of rotatable bonds is 2. The highest BCUT2D eigenvalue weighted by Crippen LogP contribution is 2.22. The van der Waals surface area contributed by atoms with E-state index < -0.39 is 0 Å². The van der Waals surface area contributed by atoms with Crippen LogP contribution < -0.4 is 10.6 Å². The first-order valence-corrected chi connectivity index (χ1v) is 5.69. The van der Waals surface area contributed by atoms with Crippen LogP contribution in [0.2, 0.25) is 0 Å². The fraction of sp³-hybridized carbons (Fsp3) is 0.400. The van der Waals surface area contributed by atoms with Gasteiger partial charge >= 0.3 is 0 Å². The summed E-state index contributed by atoms with van der Waals surface area (Å²) < 4.78 is 0. The van der Waals surface area contributed by atoms with E-state index in [-0.39, 0.29) is 5.95 Å². The van der Waals surface area contributed by atoms with Crippen LogP contribution in [0, 0.1) is 0 Å². The molecule has 1 amide bonds. The lowest BCUT2D eigenvalue weighted by Crippen LogP contribution is -2.46. The van der Waals surface area contributed by atoms with Gasteiger partial charge in [0.2, 0.25) is 12.4 Å². The number of amides is 1. The Hall–Kier alpha value is -2.38. The van der Waals surface area contributed by atoms with Gasteiger partial charge < -0.3 is 20.5 Å². The molecule has 0 radical (unpaired) electrons. The number of carbonyl (C=O) groups excluding carboxylic acids is 1. The predicted molar refractivity (Wildman–Crippen MR) is 65.9 cm³/mol. The first-order chi connectivity index (χ1) is 8.78. The molecule has 3 N–H and O–H groups in total. The zero-order valence-electron chi connectivity index (χ0n) is 9.70. The van der Waals surface area contributed by atoms with Crippen LogP contribution in [-0.2, 0) is 4.79 Å². The van der Waals surface area contributed by atoms with Crippen molar-refractivity contribution in [2.75, 3.05) is 36.8 Å². The van der Waals surface area contributed by atoms with Crippen molar-refractivity contribution in [3.8, 4) is 0 Å². The molecule has 0 unspecified atom stereocenters. The molecule has 0 spiro atoms. The molecular formula is C10H13N7O. The first-order valence-electron chi connectivity index (χ1n) is 5.69. The molecular weight excluding hydrogens is 234 g/mol. The van der Waals surface area contributed by atoms with Crippen LogP contribution >= 0.6 is 0 Å². The monoisotopic (exact) mass is 247 g/mol. The number of nitrogens with zero attached hydrogens (tertiary/aromatic N) is 5. The van der Waals surface area contributed by atoms with Crippen LogP contribution in [0.1, 0.15) is 0 Å². The molecule has 94 valence electrons. The van der Waals surface area contributed by atoms with Crippen LogP contribution in [0.25, 0.3) is 11.2 Å². The molecule has 18 heavy (non-hydrogen) atoms. The average molecular weight is 247 g/mol. The molecule has 0 bridgehead atoms. The summed E-state index contributed by atoms with van der Waals surface area (Å²) in [5.74, 6) is 0.961. The summed E-state index contributed by atoms with van der Waals surface area (Å²) in [6, 6.07) is 0. The molecule has 0 atom stereocenters. The minimum atomic E-state index is 0.211. The highest BCUT2D eigenvalue weighted by Gasteiger charge is 2.20. The molecule has 3 rings (SSSR count). The van der Waals surface area contributed by atoms with Crippen LogP contribution in [0.4, 0.5) is 11.8 Å². The fourth-order valence-electron chi connectivity index (χ4n) is 2.10. The van der Waals surface area contributed by atoms with Crippen molar-refractivity contribution in [1.82, 2.24) is 24.8 Å². The first kappa shape index (κ1) is 10.8. The zero-order valence-corrected chi connectivity index (χ0v) is 9.70. The van der Waals surface area contributed by atoms with Crippen molar-refractivity contribution in [3.63, 3.8) is 0 Å². The maximum Gasteiger partial charge on any atom is 0.224 e. The predicted octanol–water partition coefficient (Wildman–Crippen LogP) is -0.787.